The van der Waals surface area contributed by atoms with E-state index in [2.05, 4.69) is 162 Å². The van der Waals surface area contributed by atoms with Crippen LogP contribution in [0.1, 0.15) is 6.92 Å². The molecule has 7 aromatic rings. The number of nitrogens with zero attached hydrogens (tertiary/aromatic N) is 2. The Morgan fingerprint density at radius 3 is 1.51 bits per heavy atom. The van der Waals surface area contributed by atoms with E-state index in [0.717, 1.165) is 34.1 Å². The van der Waals surface area contributed by atoms with Crippen LogP contribution in [0.5, 0.6) is 0 Å². The second-order valence-electron chi connectivity index (χ2n) is 10.6. The van der Waals surface area contributed by atoms with Gasteiger partial charge in [0.05, 0.1) is 11.4 Å². The standard InChI is InChI=1S/C41H32N2/c1-3-4-8-15-30(2)42(33-16-9-5-10-17-33)38-28-24-31-23-27-37-39(29-25-32-22-26-36(38)40(31)41(32)37)43(34-18-11-6-12-19-34)35-20-13-7-14-21-35/h3-29H,2H2,1H3/b4-3-,15-8-. The zero-order valence-electron chi connectivity index (χ0n) is 24.2. The molecule has 0 aliphatic rings. The van der Waals surface area contributed by atoms with E-state index in [0.29, 0.717) is 0 Å². The van der Waals surface area contributed by atoms with E-state index in [1.807, 2.05) is 25.2 Å². The van der Waals surface area contributed by atoms with Gasteiger partial charge in [-0.25, -0.2) is 0 Å². The predicted octanol–water partition coefficient (Wildman–Crippen LogP) is 11.8. The van der Waals surface area contributed by atoms with Crippen molar-refractivity contribution in [3.63, 3.8) is 0 Å². The summed E-state index contributed by atoms with van der Waals surface area (Å²) in [6, 6.07) is 49.8. The van der Waals surface area contributed by atoms with Gasteiger partial charge in [0.15, 0.2) is 0 Å². The van der Waals surface area contributed by atoms with Gasteiger partial charge in [0.1, 0.15) is 0 Å². The van der Waals surface area contributed by atoms with Crippen LogP contribution in [0.15, 0.2) is 176 Å². The Labute approximate surface area is 253 Å². The highest BCUT2D eigenvalue weighted by atomic mass is 15.1. The van der Waals surface area contributed by atoms with Crippen molar-refractivity contribution in [2.45, 2.75) is 6.92 Å². The molecule has 0 saturated heterocycles. The molecule has 2 heteroatoms. The van der Waals surface area contributed by atoms with Crippen LogP contribution in [0.4, 0.5) is 28.4 Å². The van der Waals surface area contributed by atoms with E-state index in [-0.39, 0.29) is 0 Å². The number of para-hydroxylation sites is 3. The van der Waals surface area contributed by atoms with E-state index >= 15 is 0 Å². The fourth-order valence-corrected chi connectivity index (χ4v) is 6.13. The van der Waals surface area contributed by atoms with Gasteiger partial charge >= 0.3 is 0 Å². The van der Waals surface area contributed by atoms with Crippen molar-refractivity contribution in [1.29, 1.82) is 0 Å². The average molecular weight is 553 g/mol. The summed E-state index contributed by atoms with van der Waals surface area (Å²) in [5.74, 6) is 0. The smallest absolute Gasteiger partial charge is 0.0540 e. The van der Waals surface area contributed by atoms with Crippen molar-refractivity contribution in [3.8, 4) is 0 Å². The lowest BCUT2D eigenvalue weighted by atomic mass is 9.91. The third kappa shape index (κ3) is 4.73. The predicted molar refractivity (Wildman–Crippen MR) is 187 cm³/mol. The minimum absolute atomic E-state index is 0.902. The van der Waals surface area contributed by atoms with Gasteiger partial charge in [-0.05, 0) is 83.1 Å². The van der Waals surface area contributed by atoms with E-state index in [4.69, 9.17) is 0 Å². The van der Waals surface area contributed by atoms with E-state index in [1.165, 1.54) is 32.3 Å². The maximum absolute atomic E-state index is 4.49. The number of hydrogen-bond acceptors (Lipinski definition) is 2. The fraction of sp³-hybridized carbons (Fsp3) is 0.0244. The van der Waals surface area contributed by atoms with Crippen LogP contribution in [0, 0.1) is 0 Å². The molecule has 7 aromatic carbocycles. The number of allylic oxidation sites excluding steroid dienone is 4. The minimum Gasteiger partial charge on any atom is -0.310 e. The van der Waals surface area contributed by atoms with Crippen molar-refractivity contribution in [3.05, 3.63) is 176 Å². The molecule has 0 spiro atoms. The topological polar surface area (TPSA) is 6.48 Å². The number of rotatable bonds is 8. The molecule has 0 amide bonds. The zero-order chi connectivity index (χ0) is 29.2. The Bertz CT molecular complexity index is 2050. The molecule has 0 N–H and O–H groups in total. The highest BCUT2D eigenvalue weighted by Gasteiger charge is 2.21. The van der Waals surface area contributed by atoms with Gasteiger partial charge in [0.2, 0.25) is 0 Å². The second kappa shape index (κ2) is 11.3. The Kier molecular flexibility index (Phi) is 6.94. The molecule has 43 heavy (non-hydrogen) atoms. The summed E-state index contributed by atoms with van der Waals surface area (Å²) in [7, 11) is 0. The van der Waals surface area contributed by atoms with Gasteiger partial charge < -0.3 is 9.80 Å². The maximum atomic E-state index is 4.49. The van der Waals surface area contributed by atoms with E-state index in [9.17, 15) is 0 Å². The molecule has 0 atom stereocenters. The van der Waals surface area contributed by atoms with Gasteiger partial charge in [-0.2, -0.15) is 0 Å². The lowest BCUT2D eigenvalue weighted by molar-refractivity contribution is 1.23. The number of anilines is 5. The summed E-state index contributed by atoms with van der Waals surface area (Å²) in [5.41, 5.74) is 6.50. The molecule has 0 aromatic heterocycles. The molecule has 0 aliphatic carbocycles. The van der Waals surface area contributed by atoms with Crippen LogP contribution in [0.3, 0.4) is 0 Å². The molecule has 0 heterocycles. The Morgan fingerprint density at radius 1 is 0.512 bits per heavy atom. The van der Waals surface area contributed by atoms with Gasteiger partial charge in [-0.3, -0.25) is 0 Å². The third-order valence-corrected chi connectivity index (χ3v) is 8.02. The van der Waals surface area contributed by atoms with Crippen molar-refractivity contribution in [2.24, 2.45) is 0 Å². The number of benzene rings is 7. The van der Waals surface area contributed by atoms with Crippen LogP contribution in [-0.2, 0) is 0 Å². The quantitative estimate of drug-likeness (QED) is 0.137. The maximum Gasteiger partial charge on any atom is 0.0540 e. The lowest BCUT2D eigenvalue weighted by Crippen LogP contribution is -2.14. The van der Waals surface area contributed by atoms with Crippen LogP contribution < -0.4 is 9.80 Å². The summed E-state index contributed by atoms with van der Waals surface area (Å²) in [6.07, 6.45) is 8.17. The third-order valence-electron chi connectivity index (χ3n) is 8.02. The molecule has 206 valence electrons. The zero-order valence-corrected chi connectivity index (χ0v) is 24.2. The van der Waals surface area contributed by atoms with Crippen molar-refractivity contribution < 1.29 is 0 Å². The number of hydrogen-bond donors (Lipinski definition) is 0. The van der Waals surface area contributed by atoms with Gasteiger partial charge in [0, 0.05) is 33.5 Å². The summed E-state index contributed by atoms with van der Waals surface area (Å²) >= 11 is 0. The molecule has 0 saturated carbocycles. The van der Waals surface area contributed by atoms with Crippen LogP contribution in [-0.4, -0.2) is 0 Å². The minimum atomic E-state index is 0.902. The van der Waals surface area contributed by atoms with Gasteiger partial charge in [-0.15, -0.1) is 0 Å². The first kappa shape index (κ1) is 26.3. The molecule has 0 unspecified atom stereocenters. The van der Waals surface area contributed by atoms with Gasteiger partial charge in [0.25, 0.3) is 0 Å². The molecular formula is C41H32N2. The molecular weight excluding hydrogens is 520 g/mol. The monoisotopic (exact) mass is 552 g/mol. The first-order chi connectivity index (χ1) is 21.2. The Balaban J connectivity index is 1.49. The Hall–Kier alpha value is -5.60. The first-order valence-corrected chi connectivity index (χ1v) is 14.7. The van der Waals surface area contributed by atoms with Crippen LogP contribution >= 0.6 is 0 Å². The molecule has 0 bridgehead atoms. The molecule has 0 fully saturated rings. The highest BCUT2D eigenvalue weighted by molar-refractivity contribution is 6.28. The second-order valence-corrected chi connectivity index (χ2v) is 10.6. The molecule has 0 radical (unpaired) electrons. The average Bonchev–Trinajstić information content (AvgIpc) is 3.06. The van der Waals surface area contributed by atoms with Crippen molar-refractivity contribution in [1.82, 2.24) is 0 Å². The summed E-state index contributed by atoms with van der Waals surface area (Å²) in [6.45, 7) is 6.51. The summed E-state index contributed by atoms with van der Waals surface area (Å²) in [5, 5.41) is 7.41. The SMILES string of the molecule is C=C(/C=C\C=C/C)N(c1ccccc1)c1ccc2ccc3c(N(c4ccccc4)c4ccccc4)ccc4ccc1c2c43. The van der Waals surface area contributed by atoms with Crippen LogP contribution in [0.25, 0.3) is 32.3 Å². The summed E-state index contributed by atoms with van der Waals surface area (Å²) in [4.78, 5) is 4.62. The largest absolute Gasteiger partial charge is 0.310 e. The molecule has 2 nitrogen and oxygen atoms in total. The van der Waals surface area contributed by atoms with E-state index in [1.54, 1.807) is 0 Å². The normalized spacial score (nSPS) is 11.7. The van der Waals surface area contributed by atoms with Crippen LogP contribution in [0.2, 0.25) is 0 Å². The highest BCUT2D eigenvalue weighted by Crippen LogP contribution is 2.46. The van der Waals surface area contributed by atoms with E-state index < -0.39 is 0 Å². The first-order valence-electron chi connectivity index (χ1n) is 14.7. The van der Waals surface area contributed by atoms with Crippen molar-refractivity contribution >= 4 is 60.8 Å². The summed E-state index contributed by atoms with van der Waals surface area (Å²) < 4.78 is 0. The van der Waals surface area contributed by atoms with Crippen molar-refractivity contribution in [2.75, 3.05) is 9.80 Å². The Morgan fingerprint density at radius 2 is 0.977 bits per heavy atom. The lowest BCUT2D eigenvalue weighted by Gasteiger charge is -2.29. The fourth-order valence-electron chi connectivity index (χ4n) is 6.13. The molecule has 7 rings (SSSR count). The van der Waals surface area contributed by atoms with Gasteiger partial charge in [-0.1, -0.05) is 116 Å². The molecule has 0 aliphatic heterocycles.